The van der Waals surface area contributed by atoms with Crippen molar-refractivity contribution in [1.82, 2.24) is 0 Å². The van der Waals surface area contributed by atoms with Crippen LogP contribution in [0.4, 0.5) is 0 Å². The Kier molecular flexibility index (Phi) is 4.84. The maximum atomic E-state index is 12.1. The summed E-state index contributed by atoms with van der Waals surface area (Å²) in [5.41, 5.74) is 2.07. The van der Waals surface area contributed by atoms with Crippen molar-refractivity contribution in [3.8, 4) is 0 Å². The fourth-order valence-electron chi connectivity index (χ4n) is 2.75. The first-order chi connectivity index (χ1) is 10.00. The molecule has 0 aromatic heterocycles. The summed E-state index contributed by atoms with van der Waals surface area (Å²) in [4.78, 5) is 23.5. The van der Waals surface area contributed by atoms with Gasteiger partial charge in [0.25, 0.3) is 0 Å². The first kappa shape index (κ1) is 15.8. The van der Waals surface area contributed by atoms with Gasteiger partial charge < -0.3 is 4.74 Å². The molecule has 2 rings (SSSR count). The lowest BCUT2D eigenvalue weighted by molar-refractivity contribution is -0.154. The Morgan fingerprint density at radius 1 is 1.38 bits per heavy atom. The molecule has 1 atom stereocenters. The summed E-state index contributed by atoms with van der Waals surface area (Å²) < 4.78 is 5.14. The summed E-state index contributed by atoms with van der Waals surface area (Å²) in [6.45, 7) is 4.02. The Labute approximate surface area is 129 Å². The molecule has 1 aliphatic carbocycles. The molecule has 0 amide bonds. The van der Waals surface area contributed by atoms with E-state index in [1.165, 1.54) is 0 Å². The van der Waals surface area contributed by atoms with E-state index < -0.39 is 5.41 Å². The van der Waals surface area contributed by atoms with Gasteiger partial charge in [0.05, 0.1) is 12.0 Å². The van der Waals surface area contributed by atoms with Crippen molar-refractivity contribution in [2.24, 2.45) is 5.41 Å². The molecule has 1 aliphatic rings. The molecule has 0 aliphatic heterocycles. The smallest absolute Gasteiger partial charge is 0.312 e. The average Bonchev–Trinajstić information content (AvgIpc) is 2.48. The first-order valence-corrected chi connectivity index (χ1v) is 7.48. The van der Waals surface area contributed by atoms with E-state index in [9.17, 15) is 9.59 Å². The molecule has 1 unspecified atom stereocenters. The van der Waals surface area contributed by atoms with Crippen molar-refractivity contribution in [1.29, 1.82) is 0 Å². The van der Waals surface area contributed by atoms with E-state index in [1.807, 2.05) is 31.2 Å². The minimum Gasteiger partial charge on any atom is -0.466 e. The maximum Gasteiger partial charge on any atom is 0.312 e. The zero-order chi connectivity index (χ0) is 15.5. The predicted molar refractivity (Wildman–Crippen MR) is 83.0 cm³/mol. The summed E-state index contributed by atoms with van der Waals surface area (Å²) in [6.07, 6.45) is 2.65. The molecule has 0 fully saturated rings. The van der Waals surface area contributed by atoms with Crippen LogP contribution in [-0.2, 0) is 14.3 Å². The Morgan fingerprint density at radius 3 is 2.62 bits per heavy atom. The van der Waals surface area contributed by atoms with Gasteiger partial charge in [0.1, 0.15) is 6.29 Å². The highest BCUT2D eigenvalue weighted by atomic mass is 35.5. The molecule has 0 saturated heterocycles. The van der Waals surface area contributed by atoms with E-state index in [4.69, 9.17) is 16.3 Å². The molecule has 4 heteroatoms. The van der Waals surface area contributed by atoms with Crippen LogP contribution in [0.1, 0.15) is 38.7 Å². The average molecular weight is 307 g/mol. The quantitative estimate of drug-likeness (QED) is 0.622. The molecular formula is C17H19ClO3. The first-order valence-electron chi connectivity index (χ1n) is 7.10. The largest absolute Gasteiger partial charge is 0.466 e. The number of aldehydes is 1. The maximum absolute atomic E-state index is 12.1. The lowest BCUT2D eigenvalue weighted by Crippen LogP contribution is -2.33. The molecule has 0 N–H and O–H groups in total. The topological polar surface area (TPSA) is 43.4 Å². The van der Waals surface area contributed by atoms with Crippen LogP contribution < -0.4 is 0 Å². The number of carbonyl (C=O) groups excluding carboxylic acids is 2. The summed E-state index contributed by atoms with van der Waals surface area (Å²) >= 11 is 5.90. The van der Waals surface area contributed by atoms with E-state index in [-0.39, 0.29) is 5.97 Å². The Balaban J connectivity index is 2.31. The number of esters is 1. The normalized spacial score (nSPS) is 22.0. The Hall–Kier alpha value is -1.61. The van der Waals surface area contributed by atoms with Gasteiger partial charge in [0.15, 0.2) is 0 Å². The number of benzene rings is 1. The van der Waals surface area contributed by atoms with Gasteiger partial charge in [0, 0.05) is 5.02 Å². The third-order valence-corrected chi connectivity index (χ3v) is 4.25. The van der Waals surface area contributed by atoms with Crippen LogP contribution in [0.3, 0.4) is 0 Å². The highest BCUT2D eigenvalue weighted by Gasteiger charge is 2.39. The van der Waals surface area contributed by atoms with Crippen molar-refractivity contribution in [2.45, 2.75) is 33.1 Å². The highest BCUT2D eigenvalue weighted by molar-refractivity contribution is 6.30. The molecule has 0 bridgehead atoms. The van der Waals surface area contributed by atoms with E-state index >= 15 is 0 Å². The van der Waals surface area contributed by atoms with Crippen molar-refractivity contribution in [2.75, 3.05) is 6.61 Å². The molecule has 0 spiro atoms. The molecule has 0 saturated carbocycles. The minimum absolute atomic E-state index is 0.223. The molecule has 3 nitrogen and oxygen atoms in total. The van der Waals surface area contributed by atoms with Gasteiger partial charge in [-0.25, -0.2) is 0 Å². The molecule has 0 heterocycles. The molecule has 1 aromatic carbocycles. The standard InChI is InChI=1S/C17H19ClO3/c1-3-21-16(20)17(2)9-8-15(13(10-17)11-19)12-4-6-14(18)7-5-12/h4-7,11H,3,8-10H2,1-2H3. The van der Waals surface area contributed by atoms with Crippen LogP contribution in [0, 0.1) is 5.41 Å². The number of allylic oxidation sites excluding steroid dienone is 2. The third kappa shape index (κ3) is 3.35. The molecule has 0 radical (unpaired) electrons. The summed E-state index contributed by atoms with van der Waals surface area (Å²) in [5.74, 6) is -0.223. The molecule has 21 heavy (non-hydrogen) atoms. The molecular weight excluding hydrogens is 288 g/mol. The van der Waals surface area contributed by atoms with Gasteiger partial charge >= 0.3 is 5.97 Å². The zero-order valence-electron chi connectivity index (χ0n) is 12.3. The molecule has 1 aromatic rings. The van der Waals surface area contributed by atoms with Crippen LogP contribution in [0.15, 0.2) is 29.8 Å². The zero-order valence-corrected chi connectivity index (χ0v) is 13.1. The Morgan fingerprint density at radius 2 is 2.05 bits per heavy atom. The third-order valence-electron chi connectivity index (χ3n) is 4.00. The van der Waals surface area contributed by atoms with Crippen LogP contribution >= 0.6 is 11.6 Å². The van der Waals surface area contributed by atoms with Gasteiger partial charge in [-0.2, -0.15) is 0 Å². The van der Waals surface area contributed by atoms with E-state index in [0.29, 0.717) is 36.5 Å². The fourth-order valence-corrected chi connectivity index (χ4v) is 2.88. The summed E-state index contributed by atoms with van der Waals surface area (Å²) in [6, 6.07) is 7.44. The fraction of sp³-hybridized carbons (Fsp3) is 0.412. The van der Waals surface area contributed by atoms with Crippen molar-refractivity contribution in [3.05, 3.63) is 40.4 Å². The van der Waals surface area contributed by atoms with E-state index in [0.717, 1.165) is 17.4 Å². The van der Waals surface area contributed by atoms with Crippen LogP contribution in [0.25, 0.3) is 5.57 Å². The van der Waals surface area contributed by atoms with Crippen LogP contribution in [-0.4, -0.2) is 18.9 Å². The summed E-state index contributed by atoms with van der Waals surface area (Å²) in [7, 11) is 0. The van der Waals surface area contributed by atoms with Gasteiger partial charge in [-0.1, -0.05) is 23.7 Å². The monoisotopic (exact) mass is 306 g/mol. The number of ether oxygens (including phenoxy) is 1. The number of carbonyl (C=O) groups is 2. The lowest BCUT2D eigenvalue weighted by Gasteiger charge is -2.32. The lowest BCUT2D eigenvalue weighted by atomic mass is 9.72. The number of hydrogen-bond donors (Lipinski definition) is 0. The van der Waals surface area contributed by atoms with Gasteiger partial charge in [-0.05, 0) is 62.0 Å². The van der Waals surface area contributed by atoms with E-state index in [2.05, 4.69) is 0 Å². The predicted octanol–water partition coefficient (Wildman–Crippen LogP) is 4.05. The van der Waals surface area contributed by atoms with Crippen LogP contribution in [0.5, 0.6) is 0 Å². The molecule has 112 valence electrons. The van der Waals surface area contributed by atoms with Gasteiger partial charge in [-0.15, -0.1) is 0 Å². The SMILES string of the molecule is CCOC(=O)C1(C)CCC(c2ccc(Cl)cc2)=C(C=O)C1. The minimum atomic E-state index is -0.609. The van der Waals surface area contributed by atoms with Gasteiger partial charge in [0.2, 0.25) is 0 Å². The second-order valence-corrected chi connectivity index (χ2v) is 6.02. The Bertz CT molecular complexity index is 574. The summed E-state index contributed by atoms with van der Waals surface area (Å²) in [5, 5.41) is 0.666. The number of halogens is 1. The van der Waals surface area contributed by atoms with Gasteiger partial charge in [-0.3, -0.25) is 9.59 Å². The van der Waals surface area contributed by atoms with Crippen molar-refractivity contribution in [3.63, 3.8) is 0 Å². The van der Waals surface area contributed by atoms with Crippen molar-refractivity contribution >= 4 is 29.4 Å². The second-order valence-electron chi connectivity index (χ2n) is 5.59. The van der Waals surface area contributed by atoms with Crippen molar-refractivity contribution < 1.29 is 14.3 Å². The number of rotatable bonds is 4. The number of hydrogen-bond acceptors (Lipinski definition) is 3. The highest BCUT2D eigenvalue weighted by Crippen LogP contribution is 2.43. The van der Waals surface area contributed by atoms with Crippen LogP contribution in [0.2, 0.25) is 5.02 Å². The second kappa shape index (κ2) is 6.44. The van der Waals surface area contributed by atoms with E-state index in [1.54, 1.807) is 6.92 Å².